The second-order valence-electron chi connectivity index (χ2n) is 6.43. The second kappa shape index (κ2) is 8.70. The SMILES string of the molecule is Cc1cc(C)n(-c2ccc(Cl)c(C(=O)NCc3ccnc(OCC(F)(F)F)c3)n2)n1. The summed E-state index contributed by atoms with van der Waals surface area (Å²) < 4.78 is 43.0. The monoisotopic (exact) mass is 439 g/mol. The maximum Gasteiger partial charge on any atom is 0.422 e. The number of amides is 1. The van der Waals surface area contributed by atoms with E-state index < -0.39 is 18.7 Å². The van der Waals surface area contributed by atoms with E-state index in [9.17, 15) is 18.0 Å². The van der Waals surface area contributed by atoms with Crippen LogP contribution < -0.4 is 10.1 Å². The van der Waals surface area contributed by atoms with Crippen LogP contribution in [0.1, 0.15) is 27.4 Å². The molecule has 0 bridgehead atoms. The number of halogens is 4. The van der Waals surface area contributed by atoms with Gasteiger partial charge >= 0.3 is 6.18 Å². The zero-order valence-electron chi connectivity index (χ0n) is 16.0. The molecule has 3 rings (SSSR count). The molecule has 30 heavy (non-hydrogen) atoms. The van der Waals surface area contributed by atoms with Crippen LogP contribution in [0.25, 0.3) is 5.82 Å². The number of nitrogens with one attached hydrogen (secondary N) is 1. The number of ether oxygens (including phenoxy) is 1. The zero-order valence-corrected chi connectivity index (χ0v) is 16.8. The van der Waals surface area contributed by atoms with Crippen LogP contribution in [0.2, 0.25) is 5.02 Å². The third-order valence-electron chi connectivity index (χ3n) is 3.91. The molecule has 0 saturated heterocycles. The van der Waals surface area contributed by atoms with Gasteiger partial charge in [0.05, 0.1) is 10.7 Å². The van der Waals surface area contributed by atoms with Crippen molar-refractivity contribution in [3.8, 4) is 11.7 Å². The molecule has 0 aromatic carbocycles. The van der Waals surface area contributed by atoms with Gasteiger partial charge in [-0.2, -0.15) is 18.3 Å². The number of aryl methyl sites for hydroxylation is 2. The molecule has 3 heterocycles. The Bertz CT molecular complexity index is 1070. The molecule has 0 aliphatic rings. The average molecular weight is 440 g/mol. The van der Waals surface area contributed by atoms with Crippen molar-refractivity contribution in [1.29, 1.82) is 0 Å². The molecule has 3 aromatic rings. The van der Waals surface area contributed by atoms with Crippen molar-refractivity contribution >= 4 is 17.5 Å². The fourth-order valence-corrected chi connectivity index (χ4v) is 2.82. The summed E-state index contributed by atoms with van der Waals surface area (Å²) in [5.41, 5.74) is 2.15. The highest BCUT2D eigenvalue weighted by Crippen LogP contribution is 2.19. The predicted octanol–water partition coefficient (Wildman–Crippen LogP) is 3.80. The minimum atomic E-state index is -4.47. The van der Waals surface area contributed by atoms with Crippen LogP contribution >= 0.6 is 11.6 Å². The van der Waals surface area contributed by atoms with Crippen LogP contribution in [-0.4, -0.2) is 38.4 Å². The molecule has 158 valence electrons. The maximum absolute atomic E-state index is 12.6. The lowest BCUT2D eigenvalue weighted by Crippen LogP contribution is -2.25. The first kappa shape index (κ1) is 21.6. The Balaban J connectivity index is 1.71. The summed E-state index contributed by atoms with van der Waals surface area (Å²) in [4.78, 5) is 20.6. The summed E-state index contributed by atoms with van der Waals surface area (Å²) in [6.07, 6.45) is -3.17. The third-order valence-corrected chi connectivity index (χ3v) is 4.21. The van der Waals surface area contributed by atoms with Crippen LogP contribution in [0.15, 0.2) is 36.5 Å². The second-order valence-corrected chi connectivity index (χ2v) is 6.83. The first-order chi connectivity index (χ1) is 14.1. The largest absolute Gasteiger partial charge is 0.468 e. The van der Waals surface area contributed by atoms with E-state index in [1.165, 1.54) is 12.3 Å². The Morgan fingerprint density at radius 1 is 1.23 bits per heavy atom. The summed E-state index contributed by atoms with van der Waals surface area (Å²) in [6, 6.07) is 7.92. The lowest BCUT2D eigenvalue weighted by atomic mass is 10.2. The number of alkyl halides is 3. The first-order valence-corrected chi connectivity index (χ1v) is 9.13. The number of pyridine rings is 2. The number of nitrogens with zero attached hydrogens (tertiary/aromatic N) is 4. The van der Waals surface area contributed by atoms with E-state index >= 15 is 0 Å². The highest BCUT2D eigenvalue weighted by molar-refractivity contribution is 6.33. The number of carbonyl (C=O) groups is 1. The molecule has 0 aliphatic heterocycles. The topological polar surface area (TPSA) is 81.9 Å². The molecule has 0 saturated carbocycles. The van der Waals surface area contributed by atoms with E-state index in [1.807, 2.05) is 19.9 Å². The molecule has 3 aromatic heterocycles. The summed E-state index contributed by atoms with van der Waals surface area (Å²) in [5, 5.41) is 7.11. The summed E-state index contributed by atoms with van der Waals surface area (Å²) >= 11 is 6.12. The Morgan fingerprint density at radius 2 is 2.00 bits per heavy atom. The van der Waals surface area contributed by atoms with E-state index in [4.69, 9.17) is 11.6 Å². The quantitative estimate of drug-likeness (QED) is 0.631. The molecule has 0 unspecified atom stereocenters. The van der Waals surface area contributed by atoms with Crippen LogP contribution in [0, 0.1) is 13.8 Å². The van der Waals surface area contributed by atoms with Gasteiger partial charge in [-0.1, -0.05) is 11.6 Å². The smallest absolute Gasteiger partial charge is 0.422 e. The lowest BCUT2D eigenvalue weighted by Gasteiger charge is -2.11. The van der Waals surface area contributed by atoms with Gasteiger partial charge in [0.15, 0.2) is 12.4 Å². The third kappa shape index (κ3) is 5.47. The molecular formula is C19H17ClF3N5O2. The minimum Gasteiger partial charge on any atom is -0.468 e. The van der Waals surface area contributed by atoms with Crippen molar-refractivity contribution in [3.05, 3.63) is 64.2 Å². The van der Waals surface area contributed by atoms with E-state index in [0.29, 0.717) is 11.4 Å². The molecule has 7 nitrogen and oxygen atoms in total. The van der Waals surface area contributed by atoms with Gasteiger partial charge in [-0.3, -0.25) is 4.79 Å². The van der Waals surface area contributed by atoms with Crippen molar-refractivity contribution < 1.29 is 22.7 Å². The zero-order chi connectivity index (χ0) is 21.9. The van der Waals surface area contributed by atoms with E-state index in [1.54, 1.807) is 22.9 Å². The van der Waals surface area contributed by atoms with Crippen LogP contribution in [0.5, 0.6) is 5.88 Å². The normalized spacial score (nSPS) is 11.4. The van der Waals surface area contributed by atoms with E-state index in [-0.39, 0.29) is 23.1 Å². The minimum absolute atomic E-state index is 0.00400. The highest BCUT2D eigenvalue weighted by Gasteiger charge is 2.28. The van der Waals surface area contributed by atoms with E-state index in [0.717, 1.165) is 11.4 Å². The summed E-state index contributed by atoms with van der Waals surface area (Å²) in [6.45, 7) is 2.27. The van der Waals surface area contributed by atoms with Crippen molar-refractivity contribution in [3.63, 3.8) is 0 Å². The van der Waals surface area contributed by atoms with Crippen LogP contribution in [-0.2, 0) is 6.54 Å². The number of carbonyl (C=O) groups excluding carboxylic acids is 1. The maximum atomic E-state index is 12.6. The molecule has 1 N–H and O–H groups in total. The van der Waals surface area contributed by atoms with Crippen LogP contribution in [0.4, 0.5) is 13.2 Å². The first-order valence-electron chi connectivity index (χ1n) is 8.75. The van der Waals surface area contributed by atoms with Gasteiger partial charge < -0.3 is 10.1 Å². The van der Waals surface area contributed by atoms with Crippen molar-refractivity contribution in [2.24, 2.45) is 0 Å². The van der Waals surface area contributed by atoms with Gasteiger partial charge in [-0.15, -0.1) is 0 Å². The number of aromatic nitrogens is 4. The molecule has 0 atom stereocenters. The van der Waals surface area contributed by atoms with Gasteiger partial charge in [0, 0.05) is 24.5 Å². The molecule has 0 fully saturated rings. The Hall–Kier alpha value is -3.14. The number of hydrogen-bond acceptors (Lipinski definition) is 5. The lowest BCUT2D eigenvalue weighted by molar-refractivity contribution is -0.154. The van der Waals surface area contributed by atoms with Crippen LogP contribution in [0.3, 0.4) is 0 Å². The fourth-order valence-electron chi connectivity index (χ4n) is 2.63. The highest BCUT2D eigenvalue weighted by atomic mass is 35.5. The van der Waals surface area contributed by atoms with Gasteiger partial charge in [0.2, 0.25) is 5.88 Å². The van der Waals surface area contributed by atoms with Gasteiger partial charge in [-0.05, 0) is 43.7 Å². The van der Waals surface area contributed by atoms with Gasteiger partial charge in [0.25, 0.3) is 5.91 Å². The van der Waals surface area contributed by atoms with Crippen molar-refractivity contribution in [1.82, 2.24) is 25.1 Å². The molecule has 1 amide bonds. The summed E-state index contributed by atoms with van der Waals surface area (Å²) in [7, 11) is 0. The molecule has 0 aliphatic carbocycles. The van der Waals surface area contributed by atoms with E-state index in [2.05, 4.69) is 25.1 Å². The van der Waals surface area contributed by atoms with Crippen molar-refractivity contribution in [2.75, 3.05) is 6.61 Å². The standard InChI is InChI=1S/C19H17ClF3N5O2/c1-11-7-12(2)28(27-11)15-4-3-14(20)17(26-15)18(29)25-9-13-5-6-24-16(8-13)30-10-19(21,22)23/h3-8H,9-10H2,1-2H3,(H,25,29). The van der Waals surface area contributed by atoms with Gasteiger partial charge in [-0.25, -0.2) is 14.6 Å². The average Bonchev–Trinajstić information content (AvgIpc) is 3.03. The predicted molar refractivity (Wildman–Crippen MR) is 103 cm³/mol. The van der Waals surface area contributed by atoms with Crippen molar-refractivity contribution in [2.45, 2.75) is 26.6 Å². The molecular weight excluding hydrogens is 423 g/mol. The summed E-state index contributed by atoms with van der Waals surface area (Å²) in [5.74, 6) is -0.304. The molecule has 0 radical (unpaired) electrons. The Labute approximate surface area is 174 Å². The molecule has 0 spiro atoms. The van der Waals surface area contributed by atoms with Gasteiger partial charge in [0.1, 0.15) is 5.69 Å². The number of hydrogen-bond donors (Lipinski definition) is 1. The number of rotatable bonds is 6. The molecule has 11 heteroatoms. The fraction of sp³-hybridized carbons (Fsp3) is 0.263. The Kier molecular flexibility index (Phi) is 6.25. The Morgan fingerprint density at radius 3 is 2.67 bits per heavy atom.